The van der Waals surface area contributed by atoms with Crippen LogP contribution in [0.2, 0.25) is 0 Å². The highest BCUT2D eigenvalue weighted by molar-refractivity contribution is 7.35. The molecule has 0 atom stereocenters. The van der Waals surface area contributed by atoms with E-state index in [0.29, 0.717) is 37.6 Å². The van der Waals surface area contributed by atoms with E-state index in [1.54, 1.807) is 18.2 Å². The van der Waals surface area contributed by atoms with Crippen LogP contribution in [0, 0.1) is 0 Å². The molecule has 0 amide bonds. The number of rotatable bonds is 5. The minimum atomic E-state index is -0.405. The molecule has 0 aliphatic carbocycles. The fourth-order valence-electron chi connectivity index (χ4n) is 2.03. The van der Waals surface area contributed by atoms with Crippen molar-refractivity contribution in [3.63, 3.8) is 0 Å². The molecule has 0 N–H and O–H groups in total. The highest BCUT2D eigenvalue weighted by Crippen LogP contribution is 2.30. The first kappa shape index (κ1) is 15.5. The monoisotopic (exact) mass is 307 g/mol. The SMILES string of the molecule is CCOC(=O)c1pc(C(=O)OCC)n2cc(CC)ccc12. The summed E-state index contributed by atoms with van der Waals surface area (Å²) in [5, 5.41) is 0.475. The molecule has 0 radical (unpaired) electrons. The van der Waals surface area contributed by atoms with Gasteiger partial charge in [0.1, 0.15) is 5.30 Å². The molecule has 21 heavy (non-hydrogen) atoms. The topological polar surface area (TPSA) is 57.0 Å². The molecule has 0 fully saturated rings. The minimum Gasteiger partial charge on any atom is -0.462 e. The molecule has 5 nitrogen and oxygen atoms in total. The summed E-state index contributed by atoms with van der Waals surface area (Å²) >= 11 is 0. The normalized spacial score (nSPS) is 11.0. The first-order valence-electron chi connectivity index (χ1n) is 6.97. The van der Waals surface area contributed by atoms with Crippen LogP contribution in [-0.4, -0.2) is 29.6 Å². The van der Waals surface area contributed by atoms with Gasteiger partial charge in [0.05, 0.1) is 18.7 Å². The predicted octanol–water partition coefficient (Wildman–Crippen LogP) is 3.44. The standard InChI is InChI=1S/C15H18NO4P/c1-4-10-7-8-11-12(14(17)19-5-2)21-13(16(11)9-10)15(18)20-6-3/h7-9H,4-6H2,1-3H3. The van der Waals surface area contributed by atoms with Crippen LogP contribution in [0.4, 0.5) is 0 Å². The van der Waals surface area contributed by atoms with Crippen molar-refractivity contribution in [2.24, 2.45) is 0 Å². The molecule has 0 saturated carbocycles. The summed E-state index contributed by atoms with van der Waals surface area (Å²) in [7, 11) is 0.528. The van der Waals surface area contributed by atoms with Crippen molar-refractivity contribution in [1.29, 1.82) is 0 Å². The van der Waals surface area contributed by atoms with Crippen molar-refractivity contribution in [1.82, 2.24) is 4.40 Å². The lowest BCUT2D eigenvalue weighted by atomic mass is 10.2. The molecule has 112 valence electrons. The highest BCUT2D eigenvalue weighted by Gasteiger charge is 2.22. The summed E-state index contributed by atoms with van der Waals surface area (Å²) in [4.78, 5) is 24.1. The van der Waals surface area contributed by atoms with Crippen LogP contribution >= 0.6 is 8.19 Å². The van der Waals surface area contributed by atoms with Gasteiger partial charge in [0, 0.05) is 6.20 Å². The molecule has 0 aliphatic rings. The molecule has 0 saturated heterocycles. The Kier molecular flexibility index (Phi) is 4.97. The Balaban J connectivity index is 2.60. The summed E-state index contributed by atoms with van der Waals surface area (Å²) in [5.41, 5.74) is 2.21. The maximum atomic E-state index is 12.1. The number of fused-ring (bicyclic) bond motifs is 1. The Hall–Kier alpha value is -1.87. The van der Waals surface area contributed by atoms with Gasteiger partial charge in [0.2, 0.25) is 0 Å². The van der Waals surface area contributed by atoms with Gasteiger partial charge in [-0.15, -0.1) is 0 Å². The van der Waals surface area contributed by atoms with Crippen molar-refractivity contribution in [3.8, 4) is 0 Å². The molecule has 0 aliphatic heterocycles. The summed E-state index contributed by atoms with van der Waals surface area (Å²) in [6.45, 7) is 6.16. The Morgan fingerprint density at radius 3 is 2.38 bits per heavy atom. The molecule has 2 rings (SSSR count). The smallest absolute Gasteiger partial charge is 0.360 e. The number of nitrogens with zero attached hydrogens (tertiary/aromatic N) is 1. The third kappa shape index (κ3) is 3.08. The number of carbonyl (C=O) groups is 2. The third-order valence-electron chi connectivity index (χ3n) is 3.03. The molecule has 2 aromatic heterocycles. The van der Waals surface area contributed by atoms with E-state index in [9.17, 15) is 9.59 Å². The molecular weight excluding hydrogens is 289 g/mol. The van der Waals surface area contributed by atoms with Gasteiger partial charge in [0.15, 0.2) is 5.43 Å². The van der Waals surface area contributed by atoms with Crippen LogP contribution in [0.1, 0.15) is 46.6 Å². The van der Waals surface area contributed by atoms with Crippen LogP contribution < -0.4 is 0 Å². The van der Waals surface area contributed by atoms with Gasteiger partial charge < -0.3 is 13.9 Å². The zero-order valence-corrected chi connectivity index (χ0v) is 13.3. The van der Waals surface area contributed by atoms with Crippen molar-refractivity contribution < 1.29 is 19.1 Å². The number of hydrogen-bond donors (Lipinski definition) is 0. The van der Waals surface area contributed by atoms with Crippen molar-refractivity contribution >= 4 is 25.6 Å². The number of aromatic nitrogens is 1. The Labute approximate surface area is 125 Å². The van der Waals surface area contributed by atoms with E-state index < -0.39 is 11.9 Å². The molecular formula is C15H18NO4P. The van der Waals surface area contributed by atoms with Gasteiger partial charge in [-0.2, -0.15) is 0 Å². The summed E-state index contributed by atoms with van der Waals surface area (Å²) in [6, 6.07) is 3.80. The lowest BCUT2D eigenvalue weighted by Gasteiger charge is -2.04. The number of pyridine rings is 1. The number of aryl methyl sites for hydroxylation is 1. The van der Waals surface area contributed by atoms with Gasteiger partial charge in [-0.25, -0.2) is 9.59 Å². The summed E-state index contributed by atoms with van der Waals surface area (Å²) < 4.78 is 11.9. The van der Waals surface area contributed by atoms with Gasteiger partial charge in [-0.3, -0.25) is 0 Å². The van der Waals surface area contributed by atoms with Crippen LogP contribution in [0.15, 0.2) is 18.3 Å². The van der Waals surface area contributed by atoms with Crippen LogP contribution in [0.25, 0.3) is 5.52 Å². The number of carbonyl (C=O) groups excluding carboxylic acids is 2. The third-order valence-corrected chi connectivity index (χ3v) is 4.28. The number of ether oxygens (including phenoxy) is 2. The van der Waals surface area contributed by atoms with Crippen LogP contribution in [-0.2, 0) is 15.9 Å². The second-order valence-corrected chi connectivity index (χ2v) is 5.47. The first-order chi connectivity index (χ1) is 10.1. The average Bonchev–Trinajstić information content (AvgIpc) is 2.86. The fraction of sp³-hybridized carbons (Fsp3) is 0.400. The van der Waals surface area contributed by atoms with Gasteiger partial charge in [-0.1, -0.05) is 13.0 Å². The molecule has 0 aromatic carbocycles. The van der Waals surface area contributed by atoms with E-state index in [-0.39, 0.29) is 0 Å². The lowest BCUT2D eigenvalue weighted by molar-refractivity contribution is 0.0519. The van der Waals surface area contributed by atoms with Crippen molar-refractivity contribution in [2.75, 3.05) is 13.2 Å². The van der Waals surface area contributed by atoms with E-state index in [1.807, 2.05) is 25.3 Å². The average molecular weight is 307 g/mol. The predicted molar refractivity (Wildman–Crippen MR) is 81.2 cm³/mol. The second kappa shape index (κ2) is 6.72. The lowest BCUT2D eigenvalue weighted by Crippen LogP contribution is -2.07. The Morgan fingerprint density at radius 2 is 1.76 bits per heavy atom. The van der Waals surface area contributed by atoms with Gasteiger partial charge in [0.25, 0.3) is 0 Å². The second-order valence-electron chi connectivity index (χ2n) is 4.37. The molecule has 2 aromatic rings. The van der Waals surface area contributed by atoms with Crippen LogP contribution in [0.5, 0.6) is 0 Å². The Bertz CT molecular complexity index is 678. The molecule has 0 spiro atoms. The molecule has 0 bridgehead atoms. The summed E-state index contributed by atoms with van der Waals surface area (Å²) in [6.07, 6.45) is 2.73. The zero-order valence-electron chi connectivity index (χ0n) is 12.4. The van der Waals surface area contributed by atoms with Gasteiger partial charge >= 0.3 is 11.9 Å². The number of esters is 2. The largest absolute Gasteiger partial charge is 0.462 e. The first-order valence-corrected chi connectivity index (χ1v) is 7.87. The van der Waals surface area contributed by atoms with E-state index in [2.05, 4.69) is 0 Å². The highest BCUT2D eigenvalue weighted by atomic mass is 31.0. The van der Waals surface area contributed by atoms with E-state index >= 15 is 0 Å². The minimum absolute atomic E-state index is 0.302. The maximum Gasteiger partial charge on any atom is 0.360 e. The zero-order chi connectivity index (χ0) is 15.4. The van der Waals surface area contributed by atoms with Crippen molar-refractivity contribution in [3.05, 3.63) is 34.6 Å². The summed E-state index contributed by atoms with van der Waals surface area (Å²) in [5.74, 6) is -0.797. The molecule has 0 unspecified atom stereocenters. The van der Waals surface area contributed by atoms with Crippen molar-refractivity contribution in [2.45, 2.75) is 27.2 Å². The van der Waals surface area contributed by atoms with E-state index in [0.717, 1.165) is 12.0 Å². The number of hydrogen-bond acceptors (Lipinski definition) is 4. The van der Waals surface area contributed by atoms with Gasteiger partial charge in [-0.05, 0) is 40.1 Å². The molecule has 6 heteroatoms. The molecule has 2 heterocycles. The van der Waals surface area contributed by atoms with E-state index in [4.69, 9.17) is 9.47 Å². The van der Waals surface area contributed by atoms with Crippen LogP contribution in [0.3, 0.4) is 0 Å². The fourth-order valence-corrected chi connectivity index (χ4v) is 3.12. The maximum absolute atomic E-state index is 12.1. The van der Waals surface area contributed by atoms with E-state index in [1.165, 1.54) is 0 Å². The Morgan fingerprint density at radius 1 is 1.10 bits per heavy atom. The quantitative estimate of drug-likeness (QED) is 0.794.